The van der Waals surface area contributed by atoms with Crippen LogP contribution in [0.4, 0.5) is 13.2 Å². The quantitative estimate of drug-likeness (QED) is 0.831. The van der Waals surface area contributed by atoms with Crippen LogP contribution in [0.15, 0.2) is 18.2 Å². The van der Waals surface area contributed by atoms with Crippen LogP contribution >= 0.6 is 11.6 Å². The lowest BCUT2D eigenvalue weighted by atomic mass is 9.73. The van der Waals surface area contributed by atoms with Crippen molar-refractivity contribution in [2.24, 2.45) is 5.73 Å². The van der Waals surface area contributed by atoms with Gasteiger partial charge in [-0.2, -0.15) is 13.2 Å². The fraction of sp³-hybridized carbons (Fsp3) is 0.571. The summed E-state index contributed by atoms with van der Waals surface area (Å²) in [5, 5.41) is -0.00260. The molecule has 0 spiro atoms. The van der Waals surface area contributed by atoms with E-state index in [-0.39, 0.29) is 10.6 Å². The van der Waals surface area contributed by atoms with Crippen molar-refractivity contribution in [2.45, 2.75) is 51.0 Å². The standard InChI is InChI=1S/C14H18BClF3NO2/c1-12(2)13(3,4)22-15(21-12)11(20)9-6-5-8(16)7-10(9)14(17,18)19/h5-7,11H,20H2,1-4H3/t11-/m1/s1. The van der Waals surface area contributed by atoms with Gasteiger partial charge in [-0.1, -0.05) is 17.7 Å². The SMILES string of the molecule is CC1(C)OB([C@H](N)c2ccc(Cl)cc2C(F)(F)F)OC1(C)C. The van der Waals surface area contributed by atoms with Crippen molar-refractivity contribution >= 4 is 18.7 Å². The van der Waals surface area contributed by atoms with Crippen molar-refractivity contribution in [1.82, 2.24) is 0 Å². The second-order valence-corrected chi connectivity index (χ2v) is 6.82. The van der Waals surface area contributed by atoms with E-state index in [9.17, 15) is 13.2 Å². The number of benzene rings is 1. The second-order valence-electron chi connectivity index (χ2n) is 6.38. The molecule has 3 nitrogen and oxygen atoms in total. The minimum Gasteiger partial charge on any atom is -0.402 e. The lowest BCUT2D eigenvalue weighted by Gasteiger charge is -2.32. The van der Waals surface area contributed by atoms with Crippen LogP contribution in [0.1, 0.15) is 44.8 Å². The molecule has 0 saturated carbocycles. The van der Waals surface area contributed by atoms with E-state index < -0.39 is 36.0 Å². The van der Waals surface area contributed by atoms with Crippen LogP contribution in [0.5, 0.6) is 0 Å². The summed E-state index contributed by atoms with van der Waals surface area (Å²) in [7, 11) is -0.965. The molecule has 1 fully saturated rings. The lowest BCUT2D eigenvalue weighted by molar-refractivity contribution is -0.138. The van der Waals surface area contributed by atoms with Crippen LogP contribution in [-0.4, -0.2) is 18.3 Å². The Hall–Kier alpha value is -0.755. The molecule has 1 aliphatic rings. The molecule has 1 aromatic rings. The Balaban J connectivity index is 2.38. The number of nitrogens with two attached hydrogens (primary N) is 1. The maximum atomic E-state index is 13.2. The van der Waals surface area contributed by atoms with Gasteiger partial charge in [-0.3, -0.25) is 0 Å². The Bertz CT molecular complexity index is 562. The maximum Gasteiger partial charge on any atom is 0.480 e. The fourth-order valence-electron chi connectivity index (χ4n) is 2.25. The number of hydrogen-bond acceptors (Lipinski definition) is 3. The van der Waals surface area contributed by atoms with Gasteiger partial charge in [-0.05, 0) is 45.4 Å². The van der Waals surface area contributed by atoms with E-state index >= 15 is 0 Å². The lowest BCUT2D eigenvalue weighted by Crippen LogP contribution is -2.41. The van der Waals surface area contributed by atoms with Gasteiger partial charge in [0.25, 0.3) is 0 Å². The first-order valence-electron chi connectivity index (χ1n) is 6.83. The van der Waals surface area contributed by atoms with Crippen molar-refractivity contribution in [1.29, 1.82) is 0 Å². The van der Waals surface area contributed by atoms with Gasteiger partial charge in [0.05, 0.1) is 22.7 Å². The number of halogens is 4. The number of rotatable bonds is 2. The van der Waals surface area contributed by atoms with Gasteiger partial charge in [-0.25, -0.2) is 0 Å². The minimum absolute atomic E-state index is 0.00260. The number of alkyl halides is 3. The van der Waals surface area contributed by atoms with E-state index in [1.807, 2.05) is 27.7 Å². The molecule has 22 heavy (non-hydrogen) atoms. The molecule has 1 heterocycles. The van der Waals surface area contributed by atoms with Gasteiger partial charge >= 0.3 is 13.3 Å². The molecular weight excluding hydrogens is 317 g/mol. The summed E-state index contributed by atoms with van der Waals surface area (Å²) in [5.41, 5.74) is 3.69. The fourth-order valence-corrected chi connectivity index (χ4v) is 2.42. The highest BCUT2D eigenvalue weighted by molar-refractivity contribution is 6.47. The monoisotopic (exact) mass is 335 g/mol. The third-order valence-electron chi connectivity index (χ3n) is 4.24. The molecule has 0 aliphatic carbocycles. The average molecular weight is 336 g/mol. The van der Waals surface area contributed by atoms with E-state index in [2.05, 4.69) is 0 Å². The molecule has 0 radical (unpaired) electrons. The van der Waals surface area contributed by atoms with Crippen LogP contribution in [0.3, 0.4) is 0 Å². The third-order valence-corrected chi connectivity index (χ3v) is 4.48. The van der Waals surface area contributed by atoms with Crippen molar-refractivity contribution in [3.8, 4) is 0 Å². The maximum absolute atomic E-state index is 13.2. The zero-order valence-corrected chi connectivity index (χ0v) is 13.5. The van der Waals surface area contributed by atoms with Gasteiger partial charge in [0.2, 0.25) is 0 Å². The molecule has 1 aliphatic heterocycles. The first-order chi connectivity index (χ1) is 9.85. The Morgan fingerprint density at radius 3 is 2.09 bits per heavy atom. The highest BCUT2D eigenvalue weighted by Gasteiger charge is 2.54. The first-order valence-corrected chi connectivity index (χ1v) is 7.21. The van der Waals surface area contributed by atoms with Crippen LogP contribution in [-0.2, 0) is 15.5 Å². The predicted octanol–water partition coefficient (Wildman–Crippen LogP) is 3.99. The summed E-state index contributed by atoms with van der Waals surface area (Å²) in [4.78, 5) is 0. The molecule has 8 heteroatoms. The summed E-state index contributed by atoms with van der Waals surface area (Å²) in [6, 6.07) is 3.50. The van der Waals surface area contributed by atoms with Crippen LogP contribution < -0.4 is 5.73 Å². The molecule has 0 bridgehead atoms. The van der Waals surface area contributed by atoms with Gasteiger partial charge < -0.3 is 15.0 Å². The third kappa shape index (κ3) is 3.13. The zero-order valence-electron chi connectivity index (χ0n) is 12.8. The van der Waals surface area contributed by atoms with E-state index in [0.717, 1.165) is 6.07 Å². The van der Waals surface area contributed by atoms with Gasteiger partial charge in [0.1, 0.15) is 0 Å². The molecular formula is C14H18BClF3NO2. The van der Waals surface area contributed by atoms with Gasteiger partial charge in [-0.15, -0.1) is 0 Å². The normalized spacial score (nSPS) is 22.0. The van der Waals surface area contributed by atoms with E-state index in [1.165, 1.54) is 12.1 Å². The Morgan fingerprint density at radius 2 is 1.64 bits per heavy atom. The van der Waals surface area contributed by atoms with E-state index in [1.54, 1.807) is 0 Å². The summed E-state index contributed by atoms with van der Waals surface area (Å²) in [5.74, 6) is -1.07. The second kappa shape index (κ2) is 5.41. The topological polar surface area (TPSA) is 44.5 Å². The number of hydrogen-bond donors (Lipinski definition) is 1. The summed E-state index contributed by atoms with van der Waals surface area (Å²) < 4.78 is 51.0. The smallest absolute Gasteiger partial charge is 0.402 e. The van der Waals surface area contributed by atoms with Crippen LogP contribution in [0, 0.1) is 0 Å². The molecule has 0 unspecified atom stereocenters. The molecule has 1 atom stereocenters. The highest BCUT2D eigenvalue weighted by atomic mass is 35.5. The summed E-state index contributed by atoms with van der Waals surface area (Å²) in [6.45, 7) is 7.25. The molecule has 2 rings (SSSR count). The first kappa shape index (κ1) is 17.6. The highest BCUT2D eigenvalue weighted by Crippen LogP contribution is 2.42. The Labute approximate surface area is 133 Å². The molecule has 0 aromatic heterocycles. The van der Waals surface area contributed by atoms with Gasteiger partial charge in [0, 0.05) is 5.02 Å². The van der Waals surface area contributed by atoms with Crippen LogP contribution in [0.2, 0.25) is 5.02 Å². The minimum atomic E-state index is -4.55. The average Bonchev–Trinajstić information content (AvgIpc) is 2.56. The molecule has 2 N–H and O–H groups in total. The largest absolute Gasteiger partial charge is 0.480 e. The molecule has 1 saturated heterocycles. The molecule has 122 valence electrons. The van der Waals surface area contributed by atoms with E-state index in [0.29, 0.717) is 0 Å². The van der Waals surface area contributed by atoms with Gasteiger partial charge in [0.15, 0.2) is 0 Å². The molecule has 0 amide bonds. The Morgan fingerprint density at radius 1 is 1.14 bits per heavy atom. The van der Waals surface area contributed by atoms with Crippen molar-refractivity contribution in [2.75, 3.05) is 0 Å². The van der Waals surface area contributed by atoms with Crippen molar-refractivity contribution in [3.63, 3.8) is 0 Å². The predicted molar refractivity (Wildman–Crippen MR) is 79.5 cm³/mol. The zero-order chi connectivity index (χ0) is 16.9. The summed E-state index contributed by atoms with van der Waals surface area (Å²) in [6.07, 6.45) is -4.55. The van der Waals surface area contributed by atoms with Crippen LogP contribution in [0.25, 0.3) is 0 Å². The van der Waals surface area contributed by atoms with Crippen molar-refractivity contribution < 1.29 is 22.5 Å². The van der Waals surface area contributed by atoms with Crippen molar-refractivity contribution in [3.05, 3.63) is 34.3 Å². The Kier molecular flexibility index (Phi) is 4.32. The summed E-state index contributed by atoms with van der Waals surface area (Å²) >= 11 is 5.67. The molecule has 1 aromatic carbocycles. The van der Waals surface area contributed by atoms with E-state index in [4.69, 9.17) is 26.6 Å².